The van der Waals surface area contributed by atoms with Crippen LogP contribution in [0.4, 0.5) is 0 Å². The first-order valence-corrected chi connectivity index (χ1v) is 7.72. The number of nitrogens with one attached hydrogen (secondary N) is 1. The van der Waals surface area contributed by atoms with Crippen LogP contribution in [-0.4, -0.2) is 51.8 Å². The van der Waals surface area contributed by atoms with Gasteiger partial charge in [-0.2, -0.15) is 0 Å². The lowest BCUT2D eigenvalue weighted by Crippen LogP contribution is -2.25. The van der Waals surface area contributed by atoms with Gasteiger partial charge >= 0.3 is 0 Å². The number of rotatable bonds is 10. The van der Waals surface area contributed by atoms with Gasteiger partial charge < -0.3 is 24.6 Å². The molecule has 0 aliphatic rings. The second kappa shape index (κ2) is 10.1. The van der Waals surface area contributed by atoms with E-state index in [4.69, 9.17) is 14.2 Å². The largest absolute Gasteiger partial charge is 0.490 e. The van der Waals surface area contributed by atoms with Crippen LogP contribution < -0.4 is 10.1 Å². The zero-order valence-corrected chi connectivity index (χ0v) is 14.4. The summed E-state index contributed by atoms with van der Waals surface area (Å²) in [6, 6.07) is 6.05. The third-order valence-electron chi connectivity index (χ3n) is 3.05. The Morgan fingerprint density at radius 3 is 2.71 bits per heavy atom. The van der Waals surface area contributed by atoms with E-state index in [1.165, 1.54) is 0 Å². The lowest BCUT2D eigenvalue weighted by atomic mass is 10.1. The summed E-state index contributed by atoms with van der Waals surface area (Å²) in [5.74, 6) is 0.752. The molecule has 0 saturated carbocycles. The van der Waals surface area contributed by atoms with Gasteiger partial charge in [-0.15, -0.1) is 0 Å². The molecule has 0 spiro atoms. The Bertz CT molecular complexity index is 417. The van der Waals surface area contributed by atoms with E-state index >= 15 is 0 Å². The van der Waals surface area contributed by atoms with Gasteiger partial charge in [0.2, 0.25) is 0 Å². The summed E-state index contributed by atoms with van der Waals surface area (Å²) in [5.41, 5.74) is 1.05. The normalized spacial score (nSPS) is 14.0. The van der Waals surface area contributed by atoms with Gasteiger partial charge in [-0.1, -0.05) is 22.0 Å². The molecule has 0 aliphatic heterocycles. The van der Waals surface area contributed by atoms with Gasteiger partial charge in [0.05, 0.1) is 19.8 Å². The van der Waals surface area contributed by atoms with E-state index in [1.807, 2.05) is 25.2 Å². The number of aliphatic hydroxyl groups is 1. The van der Waals surface area contributed by atoms with Crippen molar-refractivity contribution in [2.75, 3.05) is 40.6 Å². The van der Waals surface area contributed by atoms with Crippen molar-refractivity contribution < 1.29 is 19.3 Å². The Hall–Kier alpha value is -0.660. The fraction of sp³-hybridized carbons (Fsp3) is 0.600. The Labute approximate surface area is 134 Å². The fourth-order valence-corrected chi connectivity index (χ4v) is 2.08. The minimum atomic E-state index is -0.668. The molecule has 0 radical (unpaired) electrons. The number of benzene rings is 1. The number of methoxy groups -OCH3 is 1. The summed E-state index contributed by atoms with van der Waals surface area (Å²) in [4.78, 5) is 0. The first-order chi connectivity index (χ1) is 10.1. The zero-order chi connectivity index (χ0) is 15.7. The monoisotopic (exact) mass is 361 g/mol. The van der Waals surface area contributed by atoms with Gasteiger partial charge in [0.25, 0.3) is 0 Å². The highest BCUT2D eigenvalue weighted by Crippen LogP contribution is 2.28. The molecule has 2 atom stereocenters. The van der Waals surface area contributed by atoms with Gasteiger partial charge in [0, 0.05) is 23.2 Å². The minimum Gasteiger partial charge on any atom is -0.490 e. The van der Waals surface area contributed by atoms with Gasteiger partial charge in [-0.05, 0) is 26.1 Å². The Morgan fingerprint density at radius 1 is 1.29 bits per heavy atom. The molecule has 0 fully saturated rings. The number of hydrogen-bond donors (Lipinski definition) is 2. The average Bonchev–Trinajstić information content (AvgIpc) is 2.49. The Morgan fingerprint density at radius 2 is 2.05 bits per heavy atom. The first kappa shape index (κ1) is 18.4. The average molecular weight is 362 g/mol. The van der Waals surface area contributed by atoms with Gasteiger partial charge in [0.15, 0.2) is 0 Å². The summed E-state index contributed by atoms with van der Waals surface area (Å²) in [6.45, 7) is 3.46. The molecule has 1 rings (SSSR count). The predicted octanol–water partition coefficient (Wildman–Crippen LogP) is 2.13. The summed E-state index contributed by atoms with van der Waals surface area (Å²) < 4.78 is 16.8. The molecule has 21 heavy (non-hydrogen) atoms. The van der Waals surface area contributed by atoms with Crippen molar-refractivity contribution in [2.45, 2.75) is 19.1 Å². The van der Waals surface area contributed by atoms with Crippen molar-refractivity contribution in [1.29, 1.82) is 0 Å². The van der Waals surface area contributed by atoms with E-state index < -0.39 is 6.10 Å². The number of hydrogen-bond acceptors (Lipinski definition) is 5. The molecule has 0 heterocycles. The maximum atomic E-state index is 9.85. The quantitative estimate of drug-likeness (QED) is 0.625. The van der Waals surface area contributed by atoms with Gasteiger partial charge in [-0.25, -0.2) is 0 Å². The predicted molar refractivity (Wildman–Crippen MR) is 85.8 cm³/mol. The van der Waals surface area contributed by atoms with E-state index in [9.17, 15) is 5.11 Å². The van der Waals surface area contributed by atoms with E-state index in [2.05, 4.69) is 28.2 Å². The van der Waals surface area contributed by atoms with E-state index in [0.717, 1.165) is 15.8 Å². The molecule has 5 nitrogen and oxygen atoms in total. The van der Waals surface area contributed by atoms with Crippen molar-refractivity contribution in [3.8, 4) is 5.75 Å². The molecule has 0 aliphatic carbocycles. The van der Waals surface area contributed by atoms with Crippen LogP contribution in [0.5, 0.6) is 5.75 Å². The number of ether oxygens (including phenoxy) is 3. The third-order valence-corrected chi connectivity index (χ3v) is 3.54. The first-order valence-electron chi connectivity index (χ1n) is 6.92. The maximum absolute atomic E-state index is 9.85. The van der Waals surface area contributed by atoms with Crippen LogP contribution in [0.3, 0.4) is 0 Å². The lowest BCUT2D eigenvalue weighted by Gasteiger charge is -2.18. The third kappa shape index (κ3) is 6.76. The highest BCUT2D eigenvalue weighted by molar-refractivity contribution is 9.10. The van der Waals surface area contributed by atoms with E-state index in [1.54, 1.807) is 7.11 Å². The highest BCUT2D eigenvalue weighted by atomic mass is 79.9. The Kier molecular flexibility index (Phi) is 8.87. The molecule has 1 aromatic rings. The van der Waals surface area contributed by atoms with Crippen LogP contribution in [-0.2, 0) is 9.47 Å². The fourth-order valence-electron chi connectivity index (χ4n) is 1.74. The molecule has 0 saturated heterocycles. The van der Waals surface area contributed by atoms with Crippen LogP contribution in [0.25, 0.3) is 0 Å². The molecule has 120 valence electrons. The van der Waals surface area contributed by atoms with Crippen molar-refractivity contribution in [3.63, 3.8) is 0 Å². The summed E-state index contributed by atoms with van der Waals surface area (Å²) in [5, 5.41) is 13.0. The molecule has 0 amide bonds. The second-order valence-electron chi connectivity index (χ2n) is 4.73. The minimum absolute atomic E-state index is 0.170. The summed E-state index contributed by atoms with van der Waals surface area (Å²) >= 11 is 3.43. The molecule has 0 bridgehead atoms. The van der Waals surface area contributed by atoms with Crippen molar-refractivity contribution in [3.05, 3.63) is 28.2 Å². The van der Waals surface area contributed by atoms with Crippen LogP contribution in [0.15, 0.2) is 22.7 Å². The smallest absolute Gasteiger partial charge is 0.125 e. The standard InChI is InChI=1S/C15H24BrNO4/c1-11(17-2)14-5-4-12(16)8-15(14)21-10-13(18)9-20-7-6-19-3/h4-5,8,11,13,17-18H,6-7,9-10H2,1-3H3. The zero-order valence-electron chi connectivity index (χ0n) is 12.8. The van der Waals surface area contributed by atoms with Crippen molar-refractivity contribution >= 4 is 15.9 Å². The van der Waals surface area contributed by atoms with Crippen LogP contribution in [0, 0.1) is 0 Å². The van der Waals surface area contributed by atoms with Crippen molar-refractivity contribution in [1.82, 2.24) is 5.32 Å². The summed E-state index contributed by atoms with van der Waals surface area (Å²) in [6.07, 6.45) is -0.668. The molecule has 1 aromatic carbocycles. The summed E-state index contributed by atoms with van der Waals surface area (Å²) in [7, 11) is 3.51. The van der Waals surface area contributed by atoms with Crippen LogP contribution >= 0.6 is 15.9 Å². The second-order valence-corrected chi connectivity index (χ2v) is 5.64. The van der Waals surface area contributed by atoms with E-state index in [-0.39, 0.29) is 19.3 Å². The van der Waals surface area contributed by atoms with Crippen LogP contribution in [0.1, 0.15) is 18.5 Å². The molecule has 6 heteroatoms. The topological polar surface area (TPSA) is 60.0 Å². The van der Waals surface area contributed by atoms with Gasteiger partial charge in [-0.3, -0.25) is 0 Å². The molecule has 0 aromatic heterocycles. The van der Waals surface area contributed by atoms with Gasteiger partial charge in [0.1, 0.15) is 18.5 Å². The van der Waals surface area contributed by atoms with E-state index in [0.29, 0.717) is 13.2 Å². The maximum Gasteiger partial charge on any atom is 0.125 e. The molecule has 2 unspecified atom stereocenters. The lowest BCUT2D eigenvalue weighted by molar-refractivity contribution is -0.00437. The number of halogens is 1. The SMILES string of the molecule is CNC(C)c1ccc(Br)cc1OCC(O)COCCOC. The molecular formula is C15H24BrNO4. The Balaban J connectivity index is 2.51. The van der Waals surface area contributed by atoms with Crippen molar-refractivity contribution in [2.24, 2.45) is 0 Å². The highest BCUT2D eigenvalue weighted by Gasteiger charge is 2.12. The molecule has 2 N–H and O–H groups in total. The molecular weight excluding hydrogens is 338 g/mol. The van der Waals surface area contributed by atoms with Crippen LogP contribution in [0.2, 0.25) is 0 Å². The number of aliphatic hydroxyl groups excluding tert-OH is 1.